The normalized spacial score (nSPS) is 22.3. The number of hydrogen-bond donors (Lipinski definition) is 2. The number of nitrogens with one attached hydrogen (secondary N) is 1. The monoisotopic (exact) mass is 297 g/mol. The molecule has 2 N–H and O–H groups in total. The van der Waals surface area contributed by atoms with E-state index in [0.717, 1.165) is 31.7 Å². The van der Waals surface area contributed by atoms with Crippen LogP contribution in [-0.2, 0) is 0 Å². The van der Waals surface area contributed by atoms with Crippen LogP contribution >= 0.6 is 0 Å². The molecule has 1 aliphatic carbocycles. The van der Waals surface area contributed by atoms with E-state index >= 15 is 0 Å². The van der Waals surface area contributed by atoms with Crippen molar-refractivity contribution >= 4 is 11.7 Å². The average Bonchev–Trinajstić information content (AvgIpc) is 2.44. The number of benzene rings is 1. The Morgan fingerprint density at radius 3 is 2.52 bits per heavy atom. The van der Waals surface area contributed by atoms with Gasteiger partial charge in [-0.05, 0) is 36.8 Å². The van der Waals surface area contributed by atoms with Gasteiger partial charge >= 0.3 is 5.97 Å². The Morgan fingerprint density at radius 1 is 1.24 bits per heavy atom. The molecule has 1 fully saturated rings. The molecule has 1 saturated carbocycles. The first-order chi connectivity index (χ1) is 9.91. The molecule has 0 bridgehead atoms. The predicted molar refractivity (Wildman–Crippen MR) is 77.5 cm³/mol. The van der Waals surface area contributed by atoms with Crippen LogP contribution in [0.5, 0.6) is 0 Å². The van der Waals surface area contributed by atoms with E-state index in [4.69, 9.17) is 5.11 Å². The Hall–Kier alpha value is -1.65. The molecule has 5 heteroatoms. The standard InChI is InChI=1S/C16H21F2NO2/c1-9(2)10-5-3-4-6-12(10)19-13-8-7-11(16(20)21)14(17)15(13)18/h7-10,12,19H,3-6H2,1-2H3,(H,20,21). The molecule has 21 heavy (non-hydrogen) atoms. The summed E-state index contributed by atoms with van der Waals surface area (Å²) in [4.78, 5) is 10.8. The van der Waals surface area contributed by atoms with Gasteiger partial charge in [0.15, 0.2) is 11.6 Å². The van der Waals surface area contributed by atoms with Crippen molar-refractivity contribution in [2.24, 2.45) is 11.8 Å². The van der Waals surface area contributed by atoms with Crippen LogP contribution in [0.25, 0.3) is 0 Å². The smallest absolute Gasteiger partial charge is 0.338 e. The van der Waals surface area contributed by atoms with Gasteiger partial charge in [-0.1, -0.05) is 26.7 Å². The molecule has 1 aliphatic rings. The SMILES string of the molecule is CC(C)C1CCCCC1Nc1ccc(C(=O)O)c(F)c1F. The van der Waals surface area contributed by atoms with E-state index in [0.29, 0.717) is 11.8 Å². The Kier molecular flexibility index (Phi) is 4.80. The molecule has 1 aromatic rings. The molecule has 2 atom stereocenters. The summed E-state index contributed by atoms with van der Waals surface area (Å²) < 4.78 is 27.7. The van der Waals surface area contributed by atoms with E-state index < -0.39 is 23.2 Å². The topological polar surface area (TPSA) is 49.3 Å². The van der Waals surface area contributed by atoms with Crippen molar-refractivity contribution in [3.63, 3.8) is 0 Å². The van der Waals surface area contributed by atoms with Crippen LogP contribution in [0.2, 0.25) is 0 Å². The fourth-order valence-corrected chi connectivity index (χ4v) is 3.16. The fraction of sp³-hybridized carbons (Fsp3) is 0.562. The number of carboxylic acids is 1. The number of aromatic carboxylic acids is 1. The van der Waals surface area contributed by atoms with Gasteiger partial charge in [-0.2, -0.15) is 0 Å². The Balaban J connectivity index is 2.22. The highest BCUT2D eigenvalue weighted by Gasteiger charge is 2.28. The van der Waals surface area contributed by atoms with E-state index in [1.807, 2.05) is 0 Å². The van der Waals surface area contributed by atoms with E-state index in [2.05, 4.69) is 19.2 Å². The van der Waals surface area contributed by atoms with Gasteiger partial charge in [0.05, 0.1) is 11.3 Å². The minimum absolute atomic E-state index is 0.0510. The highest BCUT2D eigenvalue weighted by Crippen LogP contribution is 2.33. The van der Waals surface area contributed by atoms with E-state index in [1.165, 1.54) is 6.07 Å². The summed E-state index contributed by atoms with van der Waals surface area (Å²) in [6.07, 6.45) is 4.23. The molecule has 0 radical (unpaired) electrons. The van der Waals surface area contributed by atoms with Crippen molar-refractivity contribution in [1.82, 2.24) is 0 Å². The lowest BCUT2D eigenvalue weighted by atomic mass is 9.78. The molecule has 0 heterocycles. The van der Waals surface area contributed by atoms with Gasteiger partial charge < -0.3 is 10.4 Å². The third-order valence-corrected chi connectivity index (χ3v) is 4.33. The van der Waals surface area contributed by atoms with Crippen molar-refractivity contribution in [2.45, 2.75) is 45.6 Å². The van der Waals surface area contributed by atoms with Crippen molar-refractivity contribution in [3.05, 3.63) is 29.3 Å². The third-order valence-electron chi connectivity index (χ3n) is 4.33. The molecular formula is C16H21F2NO2. The molecule has 0 amide bonds. The quantitative estimate of drug-likeness (QED) is 0.871. The lowest BCUT2D eigenvalue weighted by Gasteiger charge is -2.35. The Morgan fingerprint density at radius 2 is 1.90 bits per heavy atom. The van der Waals surface area contributed by atoms with Gasteiger partial charge in [-0.3, -0.25) is 0 Å². The van der Waals surface area contributed by atoms with Gasteiger partial charge in [0.25, 0.3) is 0 Å². The highest BCUT2D eigenvalue weighted by molar-refractivity contribution is 5.88. The Bertz CT molecular complexity index is 531. The summed E-state index contributed by atoms with van der Waals surface area (Å²) in [6.45, 7) is 4.27. The van der Waals surface area contributed by atoms with Crippen LogP contribution < -0.4 is 5.32 Å². The molecule has 3 nitrogen and oxygen atoms in total. The lowest BCUT2D eigenvalue weighted by molar-refractivity contribution is 0.0690. The largest absolute Gasteiger partial charge is 0.478 e. The first-order valence-corrected chi connectivity index (χ1v) is 7.39. The first kappa shape index (κ1) is 15.7. The van der Waals surface area contributed by atoms with Crippen molar-refractivity contribution in [3.8, 4) is 0 Å². The third kappa shape index (κ3) is 3.34. The van der Waals surface area contributed by atoms with Gasteiger partial charge in [-0.15, -0.1) is 0 Å². The maximum Gasteiger partial charge on any atom is 0.338 e. The first-order valence-electron chi connectivity index (χ1n) is 7.39. The maximum atomic E-state index is 14.0. The molecule has 0 aliphatic heterocycles. The van der Waals surface area contributed by atoms with Gasteiger partial charge in [0.2, 0.25) is 0 Å². The average molecular weight is 297 g/mol. The molecular weight excluding hydrogens is 276 g/mol. The van der Waals surface area contributed by atoms with Crippen LogP contribution in [-0.4, -0.2) is 17.1 Å². The van der Waals surface area contributed by atoms with Crippen LogP contribution in [0.15, 0.2) is 12.1 Å². The summed E-state index contributed by atoms with van der Waals surface area (Å²) in [6, 6.07) is 2.52. The van der Waals surface area contributed by atoms with Gasteiger partial charge in [-0.25, -0.2) is 13.6 Å². The minimum atomic E-state index is -1.46. The van der Waals surface area contributed by atoms with Crippen LogP contribution in [0, 0.1) is 23.5 Å². The molecule has 2 rings (SSSR count). The number of carbonyl (C=O) groups is 1. The summed E-state index contributed by atoms with van der Waals surface area (Å²) >= 11 is 0. The molecule has 2 unspecified atom stereocenters. The van der Waals surface area contributed by atoms with Crippen molar-refractivity contribution < 1.29 is 18.7 Å². The maximum absolute atomic E-state index is 14.0. The molecule has 0 saturated heterocycles. The molecule has 116 valence electrons. The summed E-state index contributed by atoms with van der Waals surface area (Å²) in [5, 5.41) is 11.9. The van der Waals surface area contributed by atoms with E-state index in [9.17, 15) is 13.6 Å². The van der Waals surface area contributed by atoms with Gasteiger partial charge in [0.1, 0.15) is 0 Å². The van der Waals surface area contributed by atoms with Crippen LogP contribution in [0.1, 0.15) is 49.9 Å². The van der Waals surface area contributed by atoms with E-state index in [1.54, 1.807) is 0 Å². The molecule has 0 aromatic heterocycles. The van der Waals surface area contributed by atoms with Crippen molar-refractivity contribution in [1.29, 1.82) is 0 Å². The predicted octanol–water partition coefficient (Wildman–Crippen LogP) is 4.29. The number of carboxylic acid groups (broad SMARTS) is 1. The number of hydrogen-bond acceptors (Lipinski definition) is 2. The number of halogens is 2. The fourth-order valence-electron chi connectivity index (χ4n) is 3.16. The zero-order valence-electron chi connectivity index (χ0n) is 12.3. The summed E-state index contributed by atoms with van der Waals surface area (Å²) in [7, 11) is 0. The van der Waals surface area contributed by atoms with Crippen molar-refractivity contribution in [2.75, 3.05) is 5.32 Å². The summed E-state index contributed by atoms with van der Waals surface area (Å²) in [5.41, 5.74) is -0.586. The molecule has 0 spiro atoms. The number of anilines is 1. The van der Waals surface area contributed by atoms with Crippen LogP contribution in [0.3, 0.4) is 0 Å². The number of rotatable bonds is 4. The minimum Gasteiger partial charge on any atom is -0.478 e. The lowest BCUT2D eigenvalue weighted by Crippen LogP contribution is -2.35. The second-order valence-corrected chi connectivity index (χ2v) is 6.04. The second kappa shape index (κ2) is 6.41. The highest BCUT2D eigenvalue weighted by atomic mass is 19.2. The van der Waals surface area contributed by atoms with Crippen LogP contribution in [0.4, 0.5) is 14.5 Å². The van der Waals surface area contributed by atoms with E-state index in [-0.39, 0.29) is 11.7 Å². The molecule has 1 aromatic carbocycles. The zero-order chi connectivity index (χ0) is 15.6. The summed E-state index contributed by atoms with van der Waals surface area (Å²) in [5.74, 6) is -2.99. The van der Waals surface area contributed by atoms with Gasteiger partial charge in [0, 0.05) is 6.04 Å². The zero-order valence-corrected chi connectivity index (χ0v) is 12.3. The second-order valence-electron chi connectivity index (χ2n) is 6.04. The Labute approximate surface area is 123 Å².